The Morgan fingerprint density at radius 2 is 0.606 bits per heavy atom. The van der Waals surface area contributed by atoms with Gasteiger partial charge in [-0.25, -0.2) is 19.2 Å². The highest BCUT2D eigenvalue weighted by molar-refractivity contribution is 6.04. The minimum atomic E-state index is -0.979. The molecule has 0 saturated carbocycles. The molecular weight excluding hydrogens is 1330 g/mol. The van der Waals surface area contributed by atoms with Crippen LogP contribution in [0.25, 0.3) is 0 Å². The summed E-state index contributed by atoms with van der Waals surface area (Å²) < 4.78 is 50.5. The first-order valence-corrected chi connectivity index (χ1v) is 34.9. The van der Waals surface area contributed by atoms with Gasteiger partial charge in [-0.15, -0.1) is 0 Å². The summed E-state index contributed by atoms with van der Waals surface area (Å²) in [6.45, 7) is 51.0. The summed E-state index contributed by atoms with van der Waals surface area (Å²) in [5.41, 5.74) is -3.60. The van der Waals surface area contributed by atoms with Gasteiger partial charge in [-0.2, -0.15) is 0 Å². The minimum Gasteiger partial charge on any atom is -0.410 e. The Morgan fingerprint density at radius 1 is 0.356 bits per heavy atom. The molecule has 0 fully saturated rings. The van der Waals surface area contributed by atoms with Crippen LogP contribution in [0.3, 0.4) is 0 Å². The number of nitrogens with one attached hydrogen (secondary N) is 8. The van der Waals surface area contributed by atoms with Crippen LogP contribution in [0.15, 0.2) is 146 Å². The van der Waals surface area contributed by atoms with Crippen LogP contribution in [-0.4, -0.2) is 119 Å². The van der Waals surface area contributed by atoms with Crippen molar-refractivity contribution in [2.45, 2.75) is 228 Å². The maximum atomic E-state index is 13.6. The van der Waals surface area contributed by atoms with Gasteiger partial charge < -0.3 is 80.4 Å². The third-order valence-corrected chi connectivity index (χ3v) is 16.4. The molecule has 0 aromatic heterocycles. The number of hydrogen-bond acceptors (Lipinski definition) is 16. The first kappa shape index (κ1) is 87.0. The van der Waals surface area contributed by atoms with E-state index in [1.807, 2.05) is 104 Å². The van der Waals surface area contributed by atoms with Crippen molar-refractivity contribution in [2.75, 3.05) is 47.7 Å². The molecule has 4 rings (SSSR count). The number of carbonyl (C=O) groups is 8. The van der Waals surface area contributed by atoms with Gasteiger partial charge in [-0.05, 0) is 278 Å². The first-order chi connectivity index (χ1) is 48.1. The van der Waals surface area contributed by atoms with E-state index in [0.29, 0.717) is 96.4 Å². The molecule has 4 aromatic rings. The van der Waals surface area contributed by atoms with Crippen LogP contribution in [0.5, 0.6) is 23.0 Å². The maximum Gasteiger partial charge on any atom is 0.413 e. The number of carbonyl (C=O) groups excluding carboxylic acids is 8. The summed E-state index contributed by atoms with van der Waals surface area (Å²) >= 11 is 0. The van der Waals surface area contributed by atoms with Crippen molar-refractivity contribution in [1.29, 1.82) is 0 Å². The van der Waals surface area contributed by atoms with Crippen LogP contribution in [0.1, 0.15) is 183 Å². The second kappa shape index (κ2) is 37.9. The highest BCUT2D eigenvalue weighted by Gasteiger charge is 2.49. The number of amides is 8. The third kappa shape index (κ3) is 33.0. The zero-order valence-electron chi connectivity index (χ0n) is 64.7. The Morgan fingerprint density at radius 3 is 0.875 bits per heavy atom. The lowest BCUT2D eigenvalue weighted by molar-refractivity contribution is -0.149. The molecule has 0 bridgehead atoms. The molecule has 24 nitrogen and oxygen atoms in total. The van der Waals surface area contributed by atoms with E-state index in [0.717, 1.165) is 0 Å². The molecule has 104 heavy (non-hydrogen) atoms. The Labute approximate surface area is 615 Å². The van der Waals surface area contributed by atoms with Crippen LogP contribution in [0, 0.1) is 5.41 Å². The van der Waals surface area contributed by atoms with Crippen LogP contribution in [-0.2, 0) is 38.1 Å². The molecule has 570 valence electrons. The Bertz CT molecular complexity index is 3530. The number of anilines is 4. The third-order valence-electron chi connectivity index (χ3n) is 16.4. The quantitative estimate of drug-likeness (QED) is 0.0192. The lowest BCUT2D eigenvalue weighted by Crippen LogP contribution is -2.52. The number of ether oxygens (including phenoxy) is 8. The van der Waals surface area contributed by atoms with Crippen molar-refractivity contribution in [2.24, 2.45) is 5.41 Å². The zero-order chi connectivity index (χ0) is 78.2. The first-order valence-electron chi connectivity index (χ1n) is 34.9. The number of hydrogen-bond donors (Lipinski definition) is 8. The summed E-state index contributed by atoms with van der Waals surface area (Å²) in [6.07, 6.45) is 0.564. The summed E-state index contributed by atoms with van der Waals surface area (Å²) in [5, 5.41) is 22.8. The molecule has 0 aliphatic rings. The van der Waals surface area contributed by atoms with Crippen molar-refractivity contribution >= 4 is 70.8 Å². The predicted molar refractivity (Wildman–Crippen MR) is 407 cm³/mol. The van der Waals surface area contributed by atoms with Crippen molar-refractivity contribution in [3.8, 4) is 23.0 Å². The van der Waals surface area contributed by atoms with Crippen molar-refractivity contribution in [1.82, 2.24) is 21.3 Å². The van der Waals surface area contributed by atoms with Gasteiger partial charge in [0, 0.05) is 82.0 Å². The van der Waals surface area contributed by atoms with Gasteiger partial charge in [0.1, 0.15) is 23.0 Å². The van der Waals surface area contributed by atoms with Gasteiger partial charge in [-0.1, -0.05) is 33.2 Å². The van der Waals surface area contributed by atoms with Crippen LogP contribution >= 0.6 is 0 Å². The second-order valence-electron chi connectivity index (χ2n) is 31.2. The molecule has 0 radical (unpaired) electrons. The molecule has 0 heterocycles. The van der Waals surface area contributed by atoms with Gasteiger partial charge in [0.25, 0.3) is 23.6 Å². The largest absolute Gasteiger partial charge is 0.413 e. The highest BCUT2D eigenvalue weighted by atomic mass is 16.6. The molecule has 0 spiro atoms. The van der Waals surface area contributed by atoms with E-state index in [2.05, 4.69) is 68.9 Å². The van der Waals surface area contributed by atoms with Crippen molar-refractivity contribution in [3.05, 3.63) is 146 Å². The van der Waals surface area contributed by atoms with E-state index in [1.165, 1.54) is 0 Å². The number of benzene rings is 4. The van der Waals surface area contributed by atoms with E-state index in [-0.39, 0.29) is 79.1 Å². The topological polar surface area (TPSA) is 307 Å². The van der Waals surface area contributed by atoms with Gasteiger partial charge in [0.15, 0.2) is 0 Å². The summed E-state index contributed by atoms with van der Waals surface area (Å²) in [4.78, 5) is 103. The average Bonchev–Trinajstić information content (AvgIpc) is 0.775. The fourth-order valence-electron chi connectivity index (χ4n) is 11.7. The molecule has 4 aromatic carbocycles. The fraction of sp³-hybridized carbons (Fsp3) is 0.500. The Kier molecular flexibility index (Phi) is 31.7. The fourth-order valence-corrected chi connectivity index (χ4v) is 11.7. The zero-order valence-corrected chi connectivity index (χ0v) is 64.7. The van der Waals surface area contributed by atoms with E-state index in [1.54, 1.807) is 125 Å². The molecule has 8 amide bonds. The van der Waals surface area contributed by atoms with Gasteiger partial charge in [0.05, 0.1) is 34.6 Å². The van der Waals surface area contributed by atoms with Gasteiger partial charge >= 0.3 is 24.4 Å². The van der Waals surface area contributed by atoms with Crippen molar-refractivity contribution < 1.29 is 76.3 Å². The van der Waals surface area contributed by atoms with E-state index < -0.39 is 68.8 Å². The predicted octanol–water partition coefficient (Wildman–Crippen LogP) is 16.2. The highest BCUT2D eigenvalue weighted by Crippen LogP contribution is 2.51. The average molecular weight is 1440 g/mol. The Balaban J connectivity index is 1.66. The Hall–Kier alpha value is -9.36. The molecule has 0 aliphatic heterocycles. The monoisotopic (exact) mass is 1440 g/mol. The molecule has 1 unspecified atom stereocenters. The van der Waals surface area contributed by atoms with E-state index in [9.17, 15) is 38.4 Å². The molecule has 0 saturated heterocycles. The molecule has 24 heteroatoms. The van der Waals surface area contributed by atoms with Crippen molar-refractivity contribution in [3.63, 3.8) is 0 Å². The van der Waals surface area contributed by atoms with Crippen LogP contribution < -0.4 is 61.5 Å². The summed E-state index contributed by atoms with van der Waals surface area (Å²) in [6, 6.07) is 25.2. The molecule has 0 aliphatic carbocycles. The summed E-state index contributed by atoms with van der Waals surface area (Å²) in [5.74, 6) is -0.283. The van der Waals surface area contributed by atoms with Gasteiger partial charge in [0.2, 0.25) is 0 Å². The lowest BCUT2D eigenvalue weighted by Gasteiger charge is -2.50. The SMILES string of the molecule is C=C(C)C(=O)Nc1ccc(OC(=O)NC(CC)CCOC(C)(C)CC(CC(C)(C)OCCC(C)(C)NC(=O)Oc2ccc(NC(=O)C(=C)C)cc2)(CC(C)(C)OCCC(C)(C)NC(=O)Oc2ccc(NC(=O)C(=C)C)cc2)CC(C)(C)OCC(C)(C)NC(=O)Oc2ccc(NC(=O)C(=C)C)cc2)cc1. The second-order valence-corrected chi connectivity index (χ2v) is 31.2. The standard InChI is InChI=1S/C80H114N8O16/c1-24-56(85-69(93)101-61-33-25-57(26-34-61)81-65(89)52(2)3)41-44-97-76(16,17)47-80(50-79(22,23)100-51-75(14,15)88-72(96)104-64-39-31-60(32-40-64)84-68(92)55(8)9,48-77(18,19)98-45-42-73(10,11)86-70(94)102-62-35-27-58(28-36-62)82-66(90)53(4)5)49-78(20,21)99-46-43-74(12,13)87-71(95)103-63-37-29-59(30-38-63)83-67(91)54(6)7/h25-40,56H,2,4,6,8,24,41-51H2,1,3,5,7,9-23H3,(H,81,89)(H,82,90)(H,83,91)(H,84,92)(H,85,93)(H,86,94)(H,87,95)(H,88,96). The molecular formula is C80H114N8O16. The molecule has 1 atom stereocenters. The smallest absolute Gasteiger partial charge is 0.410 e. The van der Waals surface area contributed by atoms with Gasteiger partial charge in [-0.3, -0.25) is 19.2 Å². The van der Waals surface area contributed by atoms with Crippen LogP contribution in [0.4, 0.5) is 41.9 Å². The maximum absolute atomic E-state index is 13.6. The lowest BCUT2D eigenvalue weighted by atomic mass is 9.62. The van der Waals surface area contributed by atoms with E-state index in [4.69, 9.17) is 37.9 Å². The summed E-state index contributed by atoms with van der Waals surface area (Å²) in [7, 11) is 0. The van der Waals surface area contributed by atoms with E-state index >= 15 is 0 Å². The molecule has 8 N–H and O–H groups in total. The van der Waals surface area contributed by atoms with Crippen LogP contribution in [0.2, 0.25) is 0 Å². The minimum absolute atomic E-state index is 0.0382. The number of rotatable bonds is 40. The normalized spacial score (nSPS) is 12.5.